The van der Waals surface area contributed by atoms with Crippen LogP contribution in [0, 0.1) is 20.8 Å². The number of anilines is 1. The number of nitrogens with two attached hydrogens (primary N) is 1. The predicted molar refractivity (Wildman–Crippen MR) is 68.3 cm³/mol. The minimum Gasteiger partial charge on any atom is -0.383 e. The number of aryl methyl sites for hydroxylation is 2. The van der Waals surface area contributed by atoms with E-state index in [-0.39, 0.29) is 5.56 Å². The molecule has 2 aromatic heterocycles. The fourth-order valence-corrected chi connectivity index (χ4v) is 1.63. The lowest BCUT2D eigenvalue weighted by atomic mass is 10.3. The third-order valence-electron chi connectivity index (χ3n) is 2.62. The summed E-state index contributed by atoms with van der Waals surface area (Å²) >= 11 is 3.16. The van der Waals surface area contributed by atoms with Crippen LogP contribution in [0.3, 0.4) is 0 Å². The van der Waals surface area contributed by atoms with Crippen LogP contribution >= 0.6 is 15.9 Å². The van der Waals surface area contributed by atoms with E-state index in [0.717, 1.165) is 11.3 Å². The molecule has 2 rings (SSSR count). The minimum atomic E-state index is -0.252. The van der Waals surface area contributed by atoms with E-state index in [0.29, 0.717) is 21.9 Å². The molecule has 0 bridgehead atoms. The number of rotatable bonds is 1. The van der Waals surface area contributed by atoms with Crippen LogP contribution in [0.5, 0.6) is 0 Å². The van der Waals surface area contributed by atoms with Gasteiger partial charge in [-0.3, -0.25) is 9.78 Å². The van der Waals surface area contributed by atoms with Gasteiger partial charge in [-0.05, 0) is 36.7 Å². The average molecular weight is 298 g/mol. The minimum absolute atomic E-state index is 0.252. The standard InChI is InChI=1S/C10H12BrN5O/c1-4-5(2)15-16(8(4)12)10-13-6(3)7(11)9(17)14-10/h12H2,1-3H3,(H,13,14,17). The van der Waals surface area contributed by atoms with Gasteiger partial charge in [0.15, 0.2) is 0 Å². The quantitative estimate of drug-likeness (QED) is 0.828. The second kappa shape index (κ2) is 3.99. The Morgan fingerprint density at radius 3 is 2.41 bits per heavy atom. The SMILES string of the molecule is Cc1nn(-c2nc(C)c(Br)c(=O)[nH]2)c(N)c1C. The van der Waals surface area contributed by atoms with Crippen LogP contribution in [0.1, 0.15) is 17.0 Å². The van der Waals surface area contributed by atoms with Crippen molar-refractivity contribution in [3.63, 3.8) is 0 Å². The van der Waals surface area contributed by atoms with E-state index < -0.39 is 0 Å². The molecule has 0 saturated heterocycles. The van der Waals surface area contributed by atoms with Gasteiger partial charge >= 0.3 is 0 Å². The molecule has 0 aliphatic carbocycles. The number of aromatic nitrogens is 4. The van der Waals surface area contributed by atoms with Crippen LogP contribution < -0.4 is 11.3 Å². The molecule has 2 heterocycles. The van der Waals surface area contributed by atoms with Crippen molar-refractivity contribution in [2.24, 2.45) is 0 Å². The summed E-state index contributed by atoms with van der Waals surface area (Å²) in [6.07, 6.45) is 0. The highest BCUT2D eigenvalue weighted by Gasteiger charge is 2.13. The summed E-state index contributed by atoms with van der Waals surface area (Å²) in [5, 5.41) is 4.24. The van der Waals surface area contributed by atoms with Gasteiger partial charge in [-0.2, -0.15) is 9.78 Å². The first kappa shape index (κ1) is 11.8. The summed E-state index contributed by atoms with van der Waals surface area (Å²) in [7, 11) is 0. The van der Waals surface area contributed by atoms with Crippen LogP contribution in [0.25, 0.3) is 5.95 Å². The van der Waals surface area contributed by atoms with Crippen LogP contribution in [0.4, 0.5) is 5.82 Å². The molecule has 0 saturated carbocycles. The molecule has 0 spiro atoms. The number of nitrogens with zero attached hydrogens (tertiary/aromatic N) is 3. The molecule has 0 aliphatic rings. The normalized spacial score (nSPS) is 10.8. The maximum absolute atomic E-state index is 11.6. The number of H-pyrrole nitrogens is 1. The third kappa shape index (κ3) is 1.86. The van der Waals surface area contributed by atoms with Crippen LogP contribution in [0.15, 0.2) is 9.27 Å². The summed E-state index contributed by atoms with van der Waals surface area (Å²) < 4.78 is 1.85. The molecular formula is C10H12BrN5O. The molecule has 0 amide bonds. The number of nitrogen functional groups attached to an aromatic ring is 1. The van der Waals surface area contributed by atoms with Gasteiger partial charge in [0.25, 0.3) is 5.56 Å². The number of aromatic amines is 1. The van der Waals surface area contributed by atoms with Crippen LogP contribution in [-0.4, -0.2) is 19.7 Å². The Morgan fingerprint density at radius 1 is 1.29 bits per heavy atom. The Bertz CT molecular complexity index is 643. The van der Waals surface area contributed by atoms with Gasteiger partial charge in [-0.25, -0.2) is 4.98 Å². The molecule has 0 atom stereocenters. The third-order valence-corrected chi connectivity index (χ3v) is 3.56. The number of halogens is 1. The van der Waals surface area contributed by atoms with E-state index in [1.807, 2.05) is 13.8 Å². The maximum atomic E-state index is 11.6. The van der Waals surface area contributed by atoms with Gasteiger partial charge in [0.1, 0.15) is 10.3 Å². The topological polar surface area (TPSA) is 89.6 Å². The first-order valence-corrected chi connectivity index (χ1v) is 5.79. The smallest absolute Gasteiger partial charge is 0.266 e. The van der Waals surface area contributed by atoms with Gasteiger partial charge in [-0.15, -0.1) is 0 Å². The van der Waals surface area contributed by atoms with Gasteiger partial charge in [0, 0.05) is 5.56 Å². The van der Waals surface area contributed by atoms with Crippen molar-refractivity contribution >= 4 is 21.7 Å². The molecule has 7 heteroatoms. The number of hydrogen-bond donors (Lipinski definition) is 2. The van der Waals surface area contributed by atoms with Crippen LogP contribution in [0.2, 0.25) is 0 Å². The number of hydrogen-bond acceptors (Lipinski definition) is 4. The molecular weight excluding hydrogens is 286 g/mol. The highest BCUT2D eigenvalue weighted by Crippen LogP contribution is 2.17. The lowest BCUT2D eigenvalue weighted by Crippen LogP contribution is -2.17. The Balaban J connectivity index is 2.69. The Labute approximate surface area is 106 Å². The summed E-state index contributed by atoms with van der Waals surface area (Å²) in [5.74, 6) is 0.803. The lowest BCUT2D eigenvalue weighted by Gasteiger charge is -2.04. The van der Waals surface area contributed by atoms with Crippen molar-refractivity contribution in [1.29, 1.82) is 0 Å². The molecule has 2 aromatic rings. The molecule has 0 unspecified atom stereocenters. The largest absolute Gasteiger partial charge is 0.383 e. The van der Waals surface area contributed by atoms with Crippen LogP contribution in [-0.2, 0) is 0 Å². The highest BCUT2D eigenvalue weighted by atomic mass is 79.9. The molecule has 90 valence electrons. The first-order chi connectivity index (χ1) is 7.91. The average Bonchev–Trinajstić information content (AvgIpc) is 2.53. The fraction of sp³-hybridized carbons (Fsp3) is 0.300. The second-order valence-electron chi connectivity index (χ2n) is 3.80. The van der Waals surface area contributed by atoms with E-state index in [1.54, 1.807) is 6.92 Å². The molecule has 0 aliphatic heterocycles. The van der Waals surface area contributed by atoms with Crippen molar-refractivity contribution in [2.75, 3.05) is 5.73 Å². The Morgan fingerprint density at radius 2 is 1.94 bits per heavy atom. The van der Waals surface area contributed by atoms with Gasteiger partial charge in [0.2, 0.25) is 5.95 Å². The van der Waals surface area contributed by atoms with Crippen molar-refractivity contribution in [2.45, 2.75) is 20.8 Å². The van der Waals surface area contributed by atoms with E-state index in [1.165, 1.54) is 4.68 Å². The second-order valence-corrected chi connectivity index (χ2v) is 4.59. The van der Waals surface area contributed by atoms with Crippen molar-refractivity contribution in [1.82, 2.24) is 19.7 Å². The first-order valence-electron chi connectivity index (χ1n) is 5.00. The lowest BCUT2D eigenvalue weighted by molar-refractivity contribution is 0.789. The van der Waals surface area contributed by atoms with Crippen molar-refractivity contribution in [3.05, 3.63) is 31.8 Å². The number of nitrogens with one attached hydrogen (secondary N) is 1. The van der Waals surface area contributed by atoms with Crippen molar-refractivity contribution < 1.29 is 0 Å². The Hall–Kier alpha value is -1.63. The summed E-state index contributed by atoms with van der Waals surface area (Å²) in [4.78, 5) is 18.5. The molecule has 0 fully saturated rings. The summed E-state index contributed by atoms with van der Waals surface area (Å²) in [6, 6.07) is 0. The summed E-state index contributed by atoms with van der Waals surface area (Å²) in [5.41, 5.74) is 7.93. The molecule has 3 N–H and O–H groups in total. The van der Waals surface area contributed by atoms with E-state index >= 15 is 0 Å². The predicted octanol–water partition coefficient (Wildman–Crippen LogP) is 1.23. The zero-order valence-corrected chi connectivity index (χ0v) is 11.3. The maximum Gasteiger partial charge on any atom is 0.266 e. The van der Waals surface area contributed by atoms with E-state index in [4.69, 9.17) is 5.73 Å². The monoisotopic (exact) mass is 297 g/mol. The molecule has 0 aromatic carbocycles. The summed E-state index contributed by atoms with van der Waals surface area (Å²) in [6.45, 7) is 5.46. The molecule has 6 nitrogen and oxygen atoms in total. The van der Waals surface area contributed by atoms with E-state index in [9.17, 15) is 4.79 Å². The van der Waals surface area contributed by atoms with Gasteiger partial charge in [-0.1, -0.05) is 0 Å². The van der Waals surface area contributed by atoms with E-state index in [2.05, 4.69) is 31.0 Å². The van der Waals surface area contributed by atoms with Crippen molar-refractivity contribution in [3.8, 4) is 5.95 Å². The molecule has 0 radical (unpaired) electrons. The van der Waals surface area contributed by atoms with Gasteiger partial charge < -0.3 is 5.73 Å². The highest BCUT2D eigenvalue weighted by molar-refractivity contribution is 9.10. The fourth-order valence-electron chi connectivity index (χ4n) is 1.44. The Kier molecular flexibility index (Phi) is 2.78. The zero-order valence-electron chi connectivity index (χ0n) is 9.71. The zero-order chi connectivity index (χ0) is 12.7. The van der Waals surface area contributed by atoms with Gasteiger partial charge in [0.05, 0.1) is 11.4 Å². The molecule has 17 heavy (non-hydrogen) atoms.